The summed E-state index contributed by atoms with van der Waals surface area (Å²) in [6.45, 7) is 20.7. The van der Waals surface area contributed by atoms with Crippen LogP contribution in [0.4, 0.5) is 0 Å². The number of nitrogens with one attached hydrogen (secondary N) is 8. The first kappa shape index (κ1) is 102. The van der Waals surface area contributed by atoms with Crippen LogP contribution in [-0.4, -0.2) is 140 Å². The van der Waals surface area contributed by atoms with Crippen LogP contribution in [0.5, 0.6) is 0 Å². The molecule has 0 aromatic rings. The summed E-state index contributed by atoms with van der Waals surface area (Å²) < 4.78 is 0. The Morgan fingerprint density at radius 3 is 0.653 bits per heavy atom. The molecule has 0 unspecified atom stereocenters. The van der Waals surface area contributed by atoms with Crippen molar-refractivity contribution in [2.45, 2.75) is 413 Å². The van der Waals surface area contributed by atoms with Crippen molar-refractivity contribution >= 4 is 29.5 Å². The molecule has 0 saturated carbocycles. The van der Waals surface area contributed by atoms with E-state index in [-0.39, 0.29) is 29.5 Å². The highest BCUT2D eigenvalue weighted by atomic mass is 16.2. The van der Waals surface area contributed by atoms with Gasteiger partial charge >= 0.3 is 0 Å². The third-order valence-corrected chi connectivity index (χ3v) is 19.5. The zero-order valence-electron chi connectivity index (χ0n) is 68.2. The van der Waals surface area contributed by atoms with Gasteiger partial charge < -0.3 is 58.9 Å². The molecule has 0 bridgehead atoms. The molecule has 602 valence electrons. The van der Waals surface area contributed by atoms with Crippen molar-refractivity contribution < 1.29 is 24.0 Å². The number of hydrogen-bond donors (Lipinski definition) is 10. The van der Waals surface area contributed by atoms with Crippen molar-refractivity contribution in [3.05, 3.63) is 0 Å². The van der Waals surface area contributed by atoms with Crippen LogP contribution in [0.25, 0.3) is 0 Å². The molecule has 16 heteroatoms. The highest BCUT2D eigenvalue weighted by molar-refractivity contribution is 5.77. The number of unbranched alkanes of at least 4 members (excludes halogenated alkanes) is 48. The molecular weight excluding hydrogens is 1260 g/mol. The Balaban J connectivity index is -0.00000165. The number of nitrogens with two attached hydrogens (primary N) is 2. The lowest BCUT2D eigenvalue weighted by molar-refractivity contribution is -0.122. The van der Waals surface area contributed by atoms with Gasteiger partial charge in [-0.25, -0.2) is 0 Å². The minimum Gasteiger partial charge on any atom is -0.359 e. The van der Waals surface area contributed by atoms with Crippen LogP contribution in [-0.2, 0) is 24.0 Å². The van der Waals surface area contributed by atoms with E-state index in [1.165, 1.54) is 308 Å². The third kappa shape index (κ3) is 95.1. The van der Waals surface area contributed by atoms with Gasteiger partial charge in [0.05, 0.1) is 0 Å². The maximum atomic E-state index is 12.4. The van der Waals surface area contributed by atoms with E-state index in [0.717, 1.165) is 117 Å². The monoisotopic (exact) mass is 1430 g/mol. The normalized spacial score (nSPS) is 11.1. The highest BCUT2D eigenvalue weighted by Crippen LogP contribution is 2.17. The first-order valence-corrected chi connectivity index (χ1v) is 44.2. The van der Waals surface area contributed by atoms with Gasteiger partial charge in [-0.15, -0.1) is 0 Å². The molecule has 0 fully saturated rings. The second-order valence-corrected chi connectivity index (χ2v) is 29.5. The molecule has 101 heavy (non-hydrogen) atoms. The lowest BCUT2D eigenvalue weighted by Crippen LogP contribution is -2.35. The first-order chi connectivity index (χ1) is 49.6. The van der Waals surface area contributed by atoms with E-state index >= 15 is 0 Å². The van der Waals surface area contributed by atoms with Crippen LogP contribution in [0.15, 0.2) is 0 Å². The topological polar surface area (TPSA) is 237 Å². The molecule has 0 saturated heterocycles. The Bertz CT molecular complexity index is 1550. The van der Waals surface area contributed by atoms with Crippen LogP contribution in [0.3, 0.4) is 0 Å². The van der Waals surface area contributed by atoms with E-state index in [1.54, 1.807) is 7.05 Å². The van der Waals surface area contributed by atoms with Crippen molar-refractivity contribution in [2.24, 2.45) is 11.5 Å². The lowest BCUT2D eigenvalue weighted by Gasteiger charge is -2.21. The first-order valence-electron chi connectivity index (χ1n) is 44.2. The van der Waals surface area contributed by atoms with Crippen LogP contribution < -0.4 is 54.0 Å². The van der Waals surface area contributed by atoms with Crippen molar-refractivity contribution in [2.75, 3.05) is 105 Å². The Hall–Kier alpha value is -2.89. The zero-order valence-corrected chi connectivity index (χ0v) is 68.2. The van der Waals surface area contributed by atoms with Gasteiger partial charge in [-0.2, -0.15) is 0 Å². The summed E-state index contributed by atoms with van der Waals surface area (Å²) in [5.41, 5.74) is 11.0. The van der Waals surface area contributed by atoms with Gasteiger partial charge in [0.2, 0.25) is 29.5 Å². The molecule has 0 aliphatic heterocycles. The molecule has 12 N–H and O–H groups in total. The standard InChI is InChI=1S/2C39H80N4O2.C7H17N3O/c1-3-5-7-9-11-13-15-17-19-21-23-25-27-34-42-38(44)30-36-40-32-29-33-41-37-31-39(45)43-35-28-26-24-22-20-18-16-14-12-10-8-6-4-2;1-3-5-7-9-11-13-15-17-19-21-23-25-27-33-41-38(44)30-36-43(35-29-32-40)37-31-39(45)42-34-28-26-24-22-20-18-16-14-12-10-8-6-4-2;1-9-7(11)3-6-10-5-2-4-8/h40-41H,3-37H2,1-2H3,(H,42,44)(H,43,45);3-37,40H2,1-2H3,(H,41,44)(H,42,45);10H,2-6,8H2,1H3,(H,9,11). The quantitative estimate of drug-likeness (QED) is 0.0257. The molecule has 0 spiro atoms. The molecule has 0 heterocycles. The van der Waals surface area contributed by atoms with E-state index in [0.29, 0.717) is 58.3 Å². The summed E-state index contributed by atoms with van der Waals surface area (Å²) in [6, 6.07) is 0. The summed E-state index contributed by atoms with van der Waals surface area (Å²) >= 11 is 0. The van der Waals surface area contributed by atoms with Gasteiger partial charge in [-0.05, 0) is 84.2 Å². The van der Waals surface area contributed by atoms with E-state index in [4.69, 9.17) is 11.5 Å². The Kier molecular flexibility index (Phi) is 94.4. The van der Waals surface area contributed by atoms with E-state index < -0.39 is 0 Å². The Morgan fingerprint density at radius 2 is 0.426 bits per heavy atom. The molecule has 0 aliphatic carbocycles. The second kappa shape index (κ2) is 93.2. The van der Waals surface area contributed by atoms with Crippen LogP contribution in [0.1, 0.15) is 413 Å². The van der Waals surface area contributed by atoms with E-state index in [2.05, 4.69) is 75.1 Å². The molecule has 0 radical (unpaired) electrons. The van der Waals surface area contributed by atoms with Gasteiger partial charge in [0, 0.05) is 98.1 Å². The fourth-order valence-corrected chi connectivity index (χ4v) is 12.7. The molecule has 5 amide bonds. The summed E-state index contributed by atoms with van der Waals surface area (Å²) in [5.74, 6) is 0.635. The van der Waals surface area contributed by atoms with Crippen molar-refractivity contribution in [3.63, 3.8) is 0 Å². The predicted molar refractivity (Wildman–Crippen MR) is 439 cm³/mol. The minimum absolute atomic E-state index is 0.0743. The molecule has 0 atom stereocenters. The maximum absolute atomic E-state index is 12.4. The number of nitrogens with zero attached hydrogens (tertiary/aromatic N) is 1. The maximum Gasteiger partial charge on any atom is 0.221 e. The summed E-state index contributed by atoms with van der Waals surface area (Å²) in [4.78, 5) is 61.7. The summed E-state index contributed by atoms with van der Waals surface area (Å²) in [7, 11) is 1.64. The average molecular weight is 1430 g/mol. The second-order valence-electron chi connectivity index (χ2n) is 29.5. The van der Waals surface area contributed by atoms with Gasteiger partial charge in [-0.1, -0.05) is 336 Å². The fraction of sp³-hybridized carbons (Fsp3) is 0.941. The summed E-state index contributed by atoms with van der Waals surface area (Å²) in [5, 5.41) is 24.7. The number of rotatable bonds is 81. The Labute approximate surface area is 627 Å². The van der Waals surface area contributed by atoms with Crippen LogP contribution in [0, 0.1) is 0 Å². The van der Waals surface area contributed by atoms with Gasteiger partial charge in [-0.3, -0.25) is 24.0 Å². The summed E-state index contributed by atoms with van der Waals surface area (Å²) in [6.07, 6.45) is 75.4. The molecule has 0 rings (SSSR count). The number of hydrogen-bond acceptors (Lipinski definition) is 11. The molecule has 0 aromatic carbocycles. The molecule has 0 aliphatic rings. The average Bonchev–Trinajstić information content (AvgIpc) is 1.49. The van der Waals surface area contributed by atoms with E-state index in [1.807, 2.05) is 0 Å². The van der Waals surface area contributed by atoms with E-state index in [9.17, 15) is 24.0 Å². The smallest absolute Gasteiger partial charge is 0.221 e. The van der Waals surface area contributed by atoms with Crippen molar-refractivity contribution in [1.29, 1.82) is 0 Å². The molecule has 16 nitrogen and oxygen atoms in total. The zero-order chi connectivity index (χ0) is 74.2. The lowest BCUT2D eigenvalue weighted by atomic mass is 10.0. The largest absolute Gasteiger partial charge is 0.359 e. The fourth-order valence-electron chi connectivity index (χ4n) is 12.7. The highest BCUT2D eigenvalue weighted by Gasteiger charge is 2.12. The predicted octanol–water partition coefficient (Wildman–Crippen LogP) is 18.6. The number of carbonyl (C=O) groups excluding carboxylic acids is 5. The minimum atomic E-state index is 0.0743. The van der Waals surface area contributed by atoms with Gasteiger partial charge in [0.15, 0.2) is 0 Å². The van der Waals surface area contributed by atoms with Gasteiger partial charge in [0.25, 0.3) is 0 Å². The van der Waals surface area contributed by atoms with Gasteiger partial charge in [0.1, 0.15) is 0 Å². The van der Waals surface area contributed by atoms with Crippen LogP contribution in [0.2, 0.25) is 0 Å². The third-order valence-electron chi connectivity index (χ3n) is 19.5. The van der Waals surface area contributed by atoms with Crippen molar-refractivity contribution in [3.8, 4) is 0 Å². The molecular formula is C85H177N11O5. The number of carbonyl (C=O) groups is 5. The van der Waals surface area contributed by atoms with Crippen molar-refractivity contribution in [1.82, 2.24) is 47.4 Å². The Morgan fingerprint density at radius 1 is 0.218 bits per heavy atom. The molecule has 0 aromatic heterocycles. The number of amides is 5. The SMILES string of the molecule is CCCCCCCCCCCCCCCNC(=O)CCN(CCCN)CCC(=O)NCCCCCCCCCCCCCCC.CCCCCCCCCCCCCCCNC(=O)CCNCCCNCCC(=O)NCCCCCCCCCCCCCCC.CNC(=O)CCNCCCN. The van der Waals surface area contributed by atoms with Crippen LogP contribution >= 0.6 is 0 Å².